The zero-order valence-electron chi connectivity index (χ0n) is 22.3. The third-order valence-electron chi connectivity index (χ3n) is 5.63. The van der Waals surface area contributed by atoms with Crippen LogP contribution in [0.3, 0.4) is 0 Å². The van der Waals surface area contributed by atoms with Crippen molar-refractivity contribution in [2.75, 3.05) is 26.2 Å². The van der Waals surface area contributed by atoms with Gasteiger partial charge in [0.1, 0.15) is 12.4 Å². The fraction of sp³-hybridized carbons (Fsp3) is 0.517. The molecule has 1 amide bonds. The van der Waals surface area contributed by atoms with Crippen LogP contribution in [0.15, 0.2) is 48.5 Å². The molecule has 0 radical (unpaired) electrons. The normalized spacial score (nSPS) is 10.9. The Morgan fingerprint density at radius 2 is 1.28 bits per heavy atom. The van der Waals surface area contributed by atoms with Crippen LogP contribution < -0.4 is 16.8 Å². The molecule has 0 aromatic heterocycles. The van der Waals surface area contributed by atoms with Gasteiger partial charge in [-0.15, -0.1) is 12.4 Å². The highest BCUT2D eigenvalue weighted by molar-refractivity contribution is 5.85. The molecule has 0 atom stereocenters. The molecule has 3 rings (SSSR count). The summed E-state index contributed by atoms with van der Waals surface area (Å²) in [6.45, 7) is 8.61. The maximum atomic E-state index is 12.0. The summed E-state index contributed by atoms with van der Waals surface area (Å²) in [5.41, 5.74) is 14.9. The molecule has 0 spiro atoms. The van der Waals surface area contributed by atoms with Crippen molar-refractivity contribution in [1.82, 2.24) is 5.32 Å². The summed E-state index contributed by atoms with van der Waals surface area (Å²) in [7, 11) is 0. The molecule has 202 valence electrons. The largest absolute Gasteiger partial charge is 0.449 e. The van der Waals surface area contributed by atoms with Gasteiger partial charge in [-0.3, -0.25) is 4.79 Å². The van der Waals surface area contributed by atoms with Crippen molar-refractivity contribution in [3.05, 3.63) is 59.7 Å². The van der Waals surface area contributed by atoms with Crippen molar-refractivity contribution in [2.24, 2.45) is 11.5 Å². The van der Waals surface area contributed by atoms with E-state index in [1.807, 2.05) is 24.3 Å². The number of unbranched alkanes of at least 4 members (excludes halogenated alkanes) is 1. The lowest BCUT2D eigenvalue weighted by molar-refractivity contribution is -0.119. The van der Waals surface area contributed by atoms with Crippen molar-refractivity contribution >= 4 is 24.3 Å². The summed E-state index contributed by atoms with van der Waals surface area (Å²) >= 11 is 0. The van der Waals surface area contributed by atoms with Gasteiger partial charge in [0, 0.05) is 25.3 Å². The van der Waals surface area contributed by atoms with Crippen LogP contribution in [-0.2, 0) is 9.53 Å². The van der Waals surface area contributed by atoms with E-state index in [4.69, 9.17) is 16.2 Å². The molecule has 7 heteroatoms. The topological polar surface area (TPSA) is 107 Å². The minimum Gasteiger partial charge on any atom is -0.449 e. The molecule has 1 aliphatic carbocycles. The second-order valence-corrected chi connectivity index (χ2v) is 8.58. The minimum absolute atomic E-state index is 0. The highest BCUT2D eigenvalue weighted by Crippen LogP contribution is 2.44. The maximum absolute atomic E-state index is 12.0. The summed E-state index contributed by atoms with van der Waals surface area (Å²) in [5, 5.41) is 2.75. The number of hydrogen-bond acceptors (Lipinski definition) is 5. The van der Waals surface area contributed by atoms with Crippen LogP contribution in [0.2, 0.25) is 0 Å². The Morgan fingerprint density at radius 3 is 1.75 bits per heavy atom. The number of carbonyl (C=O) groups is 2. The Balaban J connectivity index is 0.00000119. The van der Waals surface area contributed by atoms with Crippen molar-refractivity contribution in [2.45, 2.75) is 71.6 Å². The number of ketones is 1. The second-order valence-electron chi connectivity index (χ2n) is 8.58. The molecule has 2 aromatic carbocycles. The zero-order chi connectivity index (χ0) is 25.9. The highest BCUT2D eigenvalue weighted by Gasteiger charge is 2.28. The van der Waals surface area contributed by atoms with Crippen molar-refractivity contribution in [3.8, 4) is 11.1 Å². The number of amides is 1. The summed E-state index contributed by atoms with van der Waals surface area (Å²) in [5.74, 6) is 0.338. The summed E-state index contributed by atoms with van der Waals surface area (Å²) in [4.78, 5) is 23.7. The monoisotopic (exact) mass is 519 g/mol. The number of nitrogens with one attached hydrogen (secondary N) is 1. The first-order valence-electron chi connectivity index (χ1n) is 13.0. The highest BCUT2D eigenvalue weighted by atomic mass is 35.5. The van der Waals surface area contributed by atoms with Gasteiger partial charge >= 0.3 is 6.09 Å². The Bertz CT molecular complexity index is 823. The second kappa shape index (κ2) is 20.7. The molecule has 0 fully saturated rings. The number of fused-ring (bicyclic) bond motifs is 3. The number of benzene rings is 2. The summed E-state index contributed by atoms with van der Waals surface area (Å²) in [6, 6.07) is 16.5. The van der Waals surface area contributed by atoms with E-state index < -0.39 is 6.09 Å². The predicted molar refractivity (Wildman–Crippen MR) is 153 cm³/mol. The first-order valence-corrected chi connectivity index (χ1v) is 13.0. The van der Waals surface area contributed by atoms with Gasteiger partial charge in [-0.25, -0.2) is 4.79 Å². The lowest BCUT2D eigenvalue weighted by Gasteiger charge is -2.14. The van der Waals surface area contributed by atoms with E-state index in [0.29, 0.717) is 32.4 Å². The van der Waals surface area contributed by atoms with Gasteiger partial charge < -0.3 is 21.5 Å². The molecule has 0 heterocycles. The van der Waals surface area contributed by atoms with Gasteiger partial charge in [0.15, 0.2) is 0 Å². The molecule has 2 aromatic rings. The predicted octanol–water partition coefficient (Wildman–Crippen LogP) is 6.20. The molecular formula is C29H46ClN3O3. The lowest BCUT2D eigenvalue weighted by atomic mass is 9.98. The van der Waals surface area contributed by atoms with Gasteiger partial charge in [0.2, 0.25) is 0 Å². The number of Topliss-reactive ketones (excluding diaryl/α,β-unsaturated/α-hetero) is 1. The summed E-state index contributed by atoms with van der Waals surface area (Å²) < 4.78 is 5.48. The molecular weight excluding hydrogens is 474 g/mol. The Hall–Kier alpha value is -2.41. The first-order chi connectivity index (χ1) is 17.0. The fourth-order valence-corrected chi connectivity index (χ4v) is 3.62. The molecule has 0 saturated carbocycles. The minimum atomic E-state index is -0.419. The maximum Gasteiger partial charge on any atom is 0.407 e. The fourth-order valence-electron chi connectivity index (χ4n) is 3.62. The average molecular weight is 520 g/mol. The number of carbonyl (C=O) groups excluding carboxylic acids is 2. The quantitative estimate of drug-likeness (QED) is 0.306. The Morgan fingerprint density at radius 1 is 0.806 bits per heavy atom. The number of ether oxygens (including phenoxy) is 1. The Labute approximate surface area is 224 Å². The molecule has 36 heavy (non-hydrogen) atoms. The molecule has 6 nitrogen and oxygen atoms in total. The van der Waals surface area contributed by atoms with E-state index in [1.165, 1.54) is 22.3 Å². The molecule has 1 aliphatic rings. The molecule has 0 bridgehead atoms. The van der Waals surface area contributed by atoms with Gasteiger partial charge in [0.25, 0.3) is 0 Å². The van der Waals surface area contributed by atoms with Gasteiger partial charge in [-0.05, 0) is 61.0 Å². The molecule has 0 saturated heterocycles. The molecule has 0 unspecified atom stereocenters. The van der Waals surface area contributed by atoms with Gasteiger partial charge in [0.05, 0.1) is 0 Å². The molecule has 0 aliphatic heterocycles. The number of halogens is 1. The number of rotatable bonds is 11. The van der Waals surface area contributed by atoms with E-state index in [-0.39, 0.29) is 24.1 Å². The van der Waals surface area contributed by atoms with E-state index in [0.717, 1.165) is 38.8 Å². The summed E-state index contributed by atoms with van der Waals surface area (Å²) in [6.07, 6.45) is 5.57. The van der Waals surface area contributed by atoms with Crippen molar-refractivity contribution < 1.29 is 14.3 Å². The van der Waals surface area contributed by atoms with Crippen LogP contribution in [0, 0.1) is 0 Å². The third kappa shape index (κ3) is 12.0. The first kappa shape index (κ1) is 33.6. The molecule has 5 N–H and O–H groups in total. The van der Waals surface area contributed by atoms with Crippen molar-refractivity contribution in [3.63, 3.8) is 0 Å². The van der Waals surface area contributed by atoms with E-state index >= 15 is 0 Å². The van der Waals surface area contributed by atoms with Gasteiger partial charge in [-0.1, -0.05) is 75.7 Å². The van der Waals surface area contributed by atoms with Crippen LogP contribution in [0.1, 0.15) is 82.8 Å². The number of alkyl carbamates (subject to hydrolysis) is 1. The zero-order valence-corrected chi connectivity index (χ0v) is 23.1. The van der Waals surface area contributed by atoms with E-state index in [1.54, 1.807) is 0 Å². The van der Waals surface area contributed by atoms with Crippen LogP contribution >= 0.6 is 12.4 Å². The lowest BCUT2D eigenvalue weighted by Crippen LogP contribution is -2.27. The van der Waals surface area contributed by atoms with Crippen LogP contribution in [0.25, 0.3) is 11.1 Å². The van der Waals surface area contributed by atoms with E-state index in [2.05, 4.69) is 50.4 Å². The van der Waals surface area contributed by atoms with Crippen molar-refractivity contribution in [1.29, 1.82) is 0 Å². The van der Waals surface area contributed by atoms with E-state index in [9.17, 15) is 9.59 Å². The van der Waals surface area contributed by atoms with Crippen LogP contribution in [0.5, 0.6) is 0 Å². The van der Waals surface area contributed by atoms with Gasteiger partial charge in [-0.2, -0.15) is 0 Å². The van der Waals surface area contributed by atoms with Crippen LogP contribution in [0.4, 0.5) is 4.79 Å². The van der Waals surface area contributed by atoms with Crippen LogP contribution in [-0.4, -0.2) is 38.1 Å². The number of nitrogens with two attached hydrogens (primary N) is 2. The Kier molecular flexibility index (Phi) is 19.4. The number of hydrogen-bond donors (Lipinski definition) is 3. The smallest absolute Gasteiger partial charge is 0.407 e. The SMILES string of the molecule is CCCCC(=O)CCCNC(=O)OCC1c2ccccc2-c2ccccc21.CCCN.CCCN.Cl. The standard InChI is InChI=1S/C23H27NO3.2C3H9N.ClH/c1-2-3-9-17(25)10-8-15-24-23(26)27-16-22-20-13-6-4-11-18(20)19-12-5-7-14-21(19)22;2*1-2-3-4;/h4-7,11-14,22H,2-3,8-10,15-16H2,1H3,(H,24,26);2*2-4H2,1H3;1H. The third-order valence-corrected chi connectivity index (χ3v) is 5.63. The average Bonchev–Trinajstić information content (AvgIpc) is 3.22.